The Morgan fingerprint density at radius 2 is 1.88 bits per heavy atom. The van der Waals surface area contributed by atoms with Gasteiger partial charge in [-0.3, -0.25) is 14.6 Å². The van der Waals surface area contributed by atoms with Crippen LogP contribution >= 0.6 is 0 Å². The summed E-state index contributed by atoms with van der Waals surface area (Å²) in [6.07, 6.45) is 5.03. The van der Waals surface area contributed by atoms with Crippen LogP contribution in [0, 0.1) is 5.82 Å². The van der Waals surface area contributed by atoms with E-state index in [9.17, 15) is 14.7 Å². The highest BCUT2D eigenvalue weighted by Gasteiger charge is 2.26. The lowest BCUT2D eigenvalue weighted by molar-refractivity contribution is -0.119. The minimum atomic E-state index is -0.396. The molecule has 0 radical (unpaired) electrons. The van der Waals surface area contributed by atoms with Crippen molar-refractivity contribution in [2.45, 2.75) is 71.1 Å². The van der Waals surface area contributed by atoms with Gasteiger partial charge in [-0.05, 0) is 83.3 Å². The number of nitrogens with one attached hydrogen (secondary N) is 2. The van der Waals surface area contributed by atoms with Gasteiger partial charge in [0.15, 0.2) is 0 Å². The number of ether oxygens (including phenoxy) is 1. The fraction of sp³-hybridized carbons (Fsp3) is 0.343. The highest BCUT2D eigenvalue weighted by Crippen LogP contribution is 2.36. The summed E-state index contributed by atoms with van der Waals surface area (Å²) < 4.78 is 20.7. The smallest absolute Gasteiger partial charge is 0.255 e. The third-order valence-corrected chi connectivity index (χ3v) is 7.95. The maximum absolute atomic E-state index is 15.5. The molecule has 4 aromatic rings. The lowest BCUT2D eigenvalue weighted by Gasteiger charge is -2.18. The number of ketones is 1. The number of halogens is 1. The Labute approximate surface area is 251 Å². The van der Waals surface area contributed by atoms with Crippen LogP contribution in [0.1, 0.15) is 78.9 Å². The van der Waals surface area contributed by atoms with E-state index in [0.717, 1.165) is 30.6 Å². The highest BCUT2D eigenvalue weighted by atomic mass is 19.1. The Morgan fingerprint density at radius 1 is 1.12 bits per heavy atom. The molecule has 3 aromatic carbocycles. The maximum Gasteiger partial charge on any atom is 0.255 e. The number of aliphatic hydroxyl groups excluding tert-OH is 1. The minimum absolute atomic E-state index is 0.124. The summed E-state index contributed by atoms with van der Waals surface area (Å²) in [7, 11) is 1.62. The molecule has 8 heteroatoms. The van der Waals surface area contributed by atoms with Crippen LogP contribution in [-0.2, 0) is 17.9 Å². The number of fused-ring (bicyclic) bond motifs is 1. The molecule has 1 amide bonds. The van der Waals surface area contributed by atoms with Gasteiger partial charge in [0.05, 0.1) is 30.5 Å². The van der Waals surface area contributed by atoms with Gasteiger partial charge in [0, 0.05) is 37.0 Å². The summed E-state index contributed by atoms with van der Waals surface area (Å²) in [5.41, 5.74) is 4.95. The van der Waals surface area contributed by atoms with Crippen LogP contribution in [-0.4, -0.2) is 34.9 Å². The second-order valence-electron chi connectivity index (χ2n) is 11.3. The number of amides is 1. The number of aromatic nitrogens is 1. The molecule has 5 rings (SSSR count). The molecule has 0 bridgehead atoms. The molecule has 1 heterocycles. The second kappa shape index (κ2) is 13.3. The molecule has 224 valence electrons. The number of benzene rings is 3. The first-order chi connectivity index (χ1) is 20.8. The third kappa shape index (κ3) is 7.03. The quantitative estimate of drug-likeness (QED) is 0.158. The van der Waals surface area contributed by atoms with Crippen LogP contribution in [0.25, 0.3) is 22.0 Å². The molecule has 1 fully saturated rings. The van der Waals surface area contributed by atoms with E-state index in [-0.39, 0.29) is 30.3 Å². The van der Waals surface area contributed by atoms with Gasteiger partial charge in [0.1, 0.15) is 17.3 Å². The van der Waals surface area contributed by atoms with E-state index in [2.05, 4.69) is 15.6 Å². The molecule has 1 saturated carbocycles. The normalized spacial score (nSPS) is 13.5. The number of carbonyl (C=O) groups excluding carboxylic acids is 2. The van der Waals surface area contributed by atoms with Crippen molar-refractivity contribution in [3.63, 3.8) is 0 Å². The van der Waals surface area contributed by atoms with Gasteiger partial charge in [-0.25, -0.2) is 4.39 Å². The second-order valence-corrected chi connectivity index (χ2v) is 11.3. The van der Waals surface area contributed by atoms with Crippen LogP contribution in [0.3, 0.4) is 0 Å². The van der Waals surface area contributed by atoms with Crippen molar-refractivity contribution in [2.75, 3.05) is 12.4 Å². The first-order valence-corrected chi connectivity index (χ1v) is 14.9. The van der Waals surface area contributed by atoms with Crippen molar-refractivity contribution >= 4 is 28.3 Å². The van der Waals surface area contributed by atoms with E-state index in [1.165, 1.54) is 6.07 Å². The van der Waals surface area contributed by atoms with E-state index >= 15 is 4.39 Å². The van der Waals surface area contributed by atoms with E-state index in [4.69, 9.17) is 4.74 Å². The topological polar surface area (TPSA) is 101 Å². The Kier molecular flexibility index (Phi) is 9.36. The SMILES string of the molecule is CCCC(=O)CC(C)c1ccc(-c2cc3c(NCc4ccc(OC)cc4)c(C(=O)NC4CC4)cnc3cc2CO)cc1F. The lowest BCUT2D eigenvalue weighted by Crippen LogP contribution is -2.26. The minimum Gasteiger partial charge on any atom is -0.497 e. The predicted octanol–water partition coefficient (Wildman–Crippen LogP) is 6.91. The summed E-state index contributed by atoms with van der Waals surface area (Å²) in [4.78, 5) is 30.0. The van der Waals surface area contributed by atoms with Gasteiger partial charge in [0.25, 0.3) is 5.91 Å². The molecule has 0 aliphatic heterocycles. The molecule has 1 aromatic heterocycles. The zero-order chi connectivity index (χ0) is 30.5. The van der Waals surface area contributed by atoms with Gasteiger partial charge in [-0.2, -0.15) is 0 Å². The Bertz CT molecular complexity index is 1630. The number of rotatable bonds is 13. The van der Waals surface area contributed by atoms with Crippen molar-refractivity contribution in [2.24, 2.45) is 0 Å². The van der Waals surface area contributed by atoms with Gasteiger partial charge < -0.3 is 20.5 Å². The Morgan fingerprint density at radius 3 is 2.53 bits per heavy atom. The molecular formula is C35H38FN3O4. The number of hydrogen-bond acceptors (Lipinski definition) is 6. The zero-order valence-corrected chi connectivity index (χ0v) is 24.9. The summed E-state index contributed by atoms with van der Waals surface area (Å²) in [6, 6.07) is 16.5. The molecule has 3 N–H and O–H groups in total. The summed E-state index contributed by atoms with van der Waals surface area (Å²) in [5, 5.41) is 17.5. The number of pyridine rings is 1. The molecule has 43 heavy (non-hydrogen) atoms. The number of anilines is 1. The fourth-order valence-corrected chi connectivity index (χ4v) is 5.40. The third-order valence-electron chi connectivity index (χ3n) is 7.95. The van der Waals surface area contributed by atoms with Crippen LogP contribution in [0.5, 0.6) is 5.75 Å². The average molecular weight is 584 g/mol. The van der Waals surface area contributed by atoms with E-state index < -0.39 is 5.82 Å². The summed E-state index contributed by atoms with van der Waals surface area (Å²) in [6.45, 7) is 4.00. The molecule has 0 spiro atoms. The van der Waals surface area contributed by atoms with Crippen LogP contribution in [0.2, 0.25) is 0 Å². The Hall–Kier alpha value is -4.30. The standard InChI is InChI=1S/C35H38FN3O4/c1-4-5-26(41)14-21(2)28-13-8-23(15-32(28)36)29-17-30-33(16-24(29)20-40)37-19-31(35(42)39-25-9-10-25)34(30)38-18-22-6-11-27(43-3)12-7-22/h6-8,11-13,15-17,19,21,25,40H,4-5,9-10,14,18,20H2,1-3H3,(H,37,38)(H,39,42). The molecule has 1 atom stereocenters. The summed E-state index contributed by atoms with van der Waals surface area (Å²) in [5.74, 6) is 0.0338. The number of nitrogens with zero attached hydrogens (tertiary/aromatic N) is 1. The maximum atomic E-state index is 15.5. The van der Waals surface area contributed by atoms with Crippen molar-refractivity contribution in [1.82, 2.24) is 10.3 Å². The highest BCUT2D eigenvalue weighted by molar-refractivity contribution is 6.08. The van der Waals surface area contributed by atoms with Gasteiger partial charge in [-0.1, -0.05) is 38.1 Å². The monoisotopic (exact) mass is 583 g/mol. The van der Waals surface area contributed by atoms with Gasteiger partial charge in [-0.15, -0.1) is 0 Å². The number of aliphatic hydroxyl groups is 1. The molecule has 7 nitrogen and oxygen atoms in total. The van der Waals surface area contributed by atoms with E-state index in [0.29, 0.717) is 63.8 Å². The predicted molar refractivity (Wildman–Crippen MR) is 167 cm³/mol. The van der Waals surface area contributed by atoms with Crippen molar-refractivity contribution in [3.05, 3.63) is 88.9 Å². The number of methoxy groups -OCH3 is 1. The van der Waals surface area contributed by atoms with Crippen LogP contribution in [0.4, 0.5) is 10.1 Å². The number of carbonyl (C=O) groups is 2. The van der Waals surface area contributed by atoms with Crippen molar-refractivity contribution in [3.8, 4) is 16.9 Å². The molecular weight excluding hydrogens is 545 g/mol. The molecule has 1 aliphatic carbocycles. The average Bonchev–Trinajstić information content (AvgIpc) is 3.83. The van der Waals surface area contributed by atoms with Crippen molar-refractivity contribution < 1.29 is 23.8 Å². The van der Waals surface area contributed by atoms with Crippen molar-refractivity contribution in [1.29, 1.82) is 0 Å². The largest absolute Gasteiger partial charge is 0.497 e. The molecule has 1 unspecified atom stereocenters. The summed E-state index contributed by atoms with van der Waals surface area (Å²) >= 11 is 0. The van der Waals surface area contributed by atoms with E-state index in [1.54, 1.807) is 25.4 Å². The molecule has 0 saturated heterocycles. The fourth-order valence-electron chi connectivity index (χ4n) is 5.40. The first kappa shape index (κ1) is 30.2. The lowest BCUT2D eigenvalue weighted by atomic mass is 9.90. The zero-order valence-electron chi connectivity index (χ0n) is 24.9. The van der Waals surface area contributed by atoms with Gasteiger partial charge in [0.2, 0.25) is 0 Å². The molecule has 1 aliphatic rings. The first-order valence-electron chi connectivity index (χ1n) is 14.9. The van der Waals surface area contributed by atoms with Gasteiger partial charge >= 0.3 is 0 Å². The van der Waals surface area contributed by atoms with Crippen LogP contribution < -0.4 is 15.4 Å². The van der Waals surface area contributed by atoms with E-state index in [1.807, 2.05) is 50.2 Å². The number of Topliss-reactive ketones (excluding diaryl/α,β-unsaturated/α-hetero) is 1. The van der Waals surface area contributed by atoms with Crippen LogP contribution in [0.15, 0.2) is 60.8 Å². The Balaban J connectivity index is 1.55. The number of hydrogen-bond donors (Lipinski definition) is 3.